The minimum atomic E-state index is -0.477. The molecule has 0 fully saturated rings. The second-order valence-corrected chi connectivity index (χ2v) is 5.08. The Kier molecular flexibility index (Phi) is 5.08. The molecule has 3 nitrogen and oxygen atoms in total. The highest BCUT2D eigenvalue weighted by molar-refractivity contribution is 9.10. The molecule has 1 atom stereocenters. The van der Waals surface area contributed by atoms with Gasteiger partial charge in [0.1, 0.15) is 5.82 Å². The number of carbonyl (C=O) groups excluding carboxylic acids is 1. The molecule has 0 radical (unpaired) electrons. The molecule has 0 aliphatic carbocycles. The molecule has 1 amide bonds. The summed E-state index contributed by atoms with van der Waals surface area (Å²) in [5.41, 5.74) is 0.232. The molecular weight excluding hydrogens is 289 g/mol. The minimum Gasteiger partial charge on any atom is -0.394 e. The Morgan fingerprint density at radius 3 is 2.59 bits per heavy atom. The number of rotatable bonds is 4. The van der Waals surface area contributed by atoms with Crippen LogP contribution in [0, 0.1) is 11.7 Å². The monoisotopic (exact) mass is 303 g/mol. The fourth-order valence-corrected chi connectivity index (χ4v) is 1.83. The highest BCUT2D eigenvalue weighted by atomic mass is 79.9. The third kappa shape index (κ3) is 4.09. The van der Waals surface area contributed by atoms with Gasteiger partial charge in [0.25, 0.3) is 5.91 Å². The third-order valence-electron chi connectivity index (χ3n) is 2.44. The third-order valence-corrected chi connectivity index (χ3v) is 2.90. The molecule has 0 aliphatic rings. The highest BCUT2D eigenvalue weighted by Gasteiger charge is 2.16. The van der Waals surface area contributed by atoms with Crippen molar-refractivity contribution in [2.45, 2.75) is 19.9 Å². The van der Waals surface area contributed by atoms with Crippen molar-refractivity contribution in [2.75, 3.05) is 6.61 Å². The molecule has 0 aliphatic heterocycles. The Morgan fingerprint density at radius 1 is 1.47 bits per heavy atom. The summed E-state index contributed by atoms with van der Waals surface area (Å²) >= 11 is 3.12. The van der Waals surface area contributed by atoms with Crippen LogP contribution in [0.1, 0.15) is 24.2 Å². The second-order valence-electron chi connectivity index (χ2n) is 4.16. The zero-order chi connectivity index (χ0) is 13.0. The molecule has 0 saturated carbocycles. The van der Waals surface area contributed by atoms with Gasteiger partial charge >= 0.3 is 0 Å². The maximum Gasteiger partial charge on any atom is 0.251 e. The molecule has 0 aromatic heterocycles. The first-order valence-corrected chi connectivity index (χ1v) is 6.11. The van der Waals surface area contributed by atoms with E-state index in [-0.39, 0.29) is 24.1 Å². The molecule has 0 spiro atoms. The predicted molar refractivity (Wildman–Crippen MR) is 67.3 cm³/mol. The number of benzene rings is 1. The van der Waals surface area contributed by atoms with Crippen molar-refractivity contribution in [3.8, 4) is 0 Å². The quantitative estimate of drug-likeness (QED) is 0.897. The SMILES string of the molecule is CC(C)C(CO)NC(=O)c1cc(F)cc(Br)c1. The lowest BCUT2D eigenvalue weighted by atomic mass is 10.0. The van der Waals surface area contributed by atoms with E-state index in [1.54, 1.807) is 0 Å². The van der Waals surface area contributed by atoms with Crippen LogP contribution in [0.2, 0.25) is 0 Å². The first kappa shape index (κ1) is 14.1. The smallest absolute Gasteiger partial charge is 0.251 e. The van der Waals surface area contributed by atoms with Gasteiger partial charge in [-0.25, -0.2) is 4.39 Å². The summed E-state index contributed by atoms with van der Waals surface area (Å²) in [6.07, 6.45) is 0. The van der Waals surface area contributed by atoms with Gasteiger partial charge in [-0.3, -0.25) is 4.79 Å². The number of hydrogen-bond acceptors (Lipinski definition) is 2. The van der Waals surface area contributed by atoms with Crippen molar-refractivity contribution in [2.24, 2.45) is 5.92 Å². The maximum absolute atomic E-state index is 13.1. The van der Waals surface area contributed by atoms with Crippen molar-refractivity contribution >= 4 is 21.8 Å². The summed E-state index contributed by atoms with van der Waals surface area (Å²) in [5, 5.41) is 11.8. The first-order chi connectivity index (χ1) is 7.93. The topological polar surface area (TPSA) is 49.3 Å². The molecule has 17 heavy (non-hydrogen) atoms. The van der Waals surface area contributed by atoms with Gasteiger partial charge in [-0.15, -0.1) is 0 Å². The lowest BCUT2D eigenvalue weighted by Crippen LogP contribution is -2.41. The standard InChI is InChI=1S/C12H15BrFNO2/c1-7(2)11(6-16)15-12(17)8-3-9(13)5-10(14)4-8/h3-5,7,11,16H,6H2,1-2H3,(H,15,17). The van der Waals surface area contributed by atoms with Crippen LogP contribution in [0.5, 0.6) is 0 Å². The summed E-state index contributed by atoms with van der Waals surface area (Å²) < 4.78 is 13.6. The van der Waals surface area contributed by atoms with Crippen molar-refractivity contribution < 1.29 is 14.3 Å². The van der Waals surface area contributed by atoms with Gasteiger partial charge in [0, 0.05) is 10.0 Å². The molecule has 0 bridgehead atoms. The van der Waals surface area contributed by atoms with Crippen LogP contribution in [0.3, 0.4) is 0 Å². The molecule has 1 aromatic carbocycles. The van der Waals surface area contributed by atoms with Crippen molar-refractivity contribution in [3.63, 3.8) is 0 Å². The van der Waals surface area contributed by atoms with Crippen LogP contribution in [0.15, 0.2) is 22.7 Å². The van der Waals surface area contributed by atoms with Crippen molar-refractivity contribution in [3.05, 3.63) is 34.1 Å². The summed E-state index contributed by atoms with van der Waals surface area (Å²) in [6, 6.07) is 3.65. The number of carbonyl (C=O) groups is 1. The molecule has 2 N–H and O–H groups in total. The van der Waals surface area contributed by atoms with E-state index in [4.69, 9.17) is 5.11 Å². The number of nitrogens with one attached hydrogen (secondary N) is 1. The van der Waals surface area contributed by atoms with Crippen LogP contribution < -0.4 is 5.32 Å². The number of aliphatic hydroxyl groups excluding tert-OH is 1. The Balaban J connectivity index is 2.82. The number of hydrogen-bond donors (Lipinski definition) is 2. The van der Waals surface area contributed by atoms with E-state index in [1.165, 1.54) is 12.1 Å². The van der Waals surface area contributed by atoms with Crippen molar-refractivity contribution in [1.29, 1.82) is 0 Å². The Hall–Kier alpha value is -0.940. The van der Waals surface area contributed by atoms with Gasteiger partial charge in [0.05, 0.1) is 12.6 Å². The lowest BCUT2D eigenvalue weighted by molar-refractivity contribution is 0.0896. The molecule has 1 aromatic rings. The Bertz CT molecular complexity index is 389. The molecule has 94 valence electrons. The zero-order valence-corrected chi connectivity index (χ0v) is 11.3. The summed E-state index contributed by atoms with van der Waals surface area (Å²) in [6.45, 7) is 3.64. The van der Waals surface area contributed by atoms with E-state index >= 15 is 0 Å². The van der Waals surface area contributed by atoms with Crippen molar-refractivity contribution in [1.82, 2.24) is 5.32 Å². The number of amides is 1. The molecular formula is C12H15BrFNO2. The van der Waals surface area contributed by atoms with Gasteiger partial charge in [0.15, 0.2) is 0 Å². The van der Waals surface area contributed by atoms with Gasteiger partial charge in [-0.1, -0.05) is 29.8 Å². The highest BCUT2D eigenvalue weighted by Crippen LogP contribution is 2.15. The van der Waals surface area contributed by atoms with E-state index in [0.29, 0.717) is 4.47 Å². The molecule has 1 rings (SSSR count). The first-order valence-electron chi connectivity index (χ1n) is 5.32. The maximum atomic E-state index is 13.1. The van der Waals surface area contributed by atoms with E-state index in [0.717, 1.165) is 6.07 Å². The summed E-state index contributed by atoms with van der Waals surface area (Å²) in [4.78, 5) is 11.8. The summed E-state index contributed by atoms with van der Waals surface area (Å²) in [5.74, 6) is -0.756. The fourth-order valence-electron chi connectivity index (χ4n) is 1.36. The van der Waals surface area contributed by atoms with E-state index in [9.17, 15) is 9.18 Å². The van der Waals surface area contributed by atoms with Crippen LogP contribution in [0.25, 0.3) is 0 Å². The largest absolute Gasteiger partial charge is 0.394 e. The minimum absolute atomic E-state index is 0.112. The predicted octanol–water partition coefficient (Wildman–Crippen LogP) is 2.33. The molecule has 0 saturated heterocycles. The van der Waals surface area contributed by atoms with Gasteiger partial charge in [0.2, 0.25) is 0 Å². The molecule has 0 heterocycles. The lowest BCUT2D eigenvalue weighted by Gasteiger charge is -2.19. The Labute approximate surface area is 108 Å². The Morgan fingerprint density at radius 2 is 2.12 bits per heavy atom. The van der Waals surface area contributed by atoms with E-state index < -0.39 is 11.7 Å². The molecule has 5 heteroatoms. The average Bonchev–Trinajstić information content (AvgIpc) is 2.23. The van der Waals surface area contributed by atoms with Crippen LogP contribution >= 0.6 is 15.9 Å². The molecule has 1 unspecified atom stereocenters. The fraction of sp³-hybridized carbons (Fsp3) is 0.417. The number of aliphatic hydroxyl groups is 1. The van der Waals surface area contributed by atoms with Crippen LogP contribution in [-0.4, -0.2) is 23.7 Å². The van der Waals surface area contributed by atoms with Gasteiger partial charge in [-0.05, 0) is 24.1 Å². The van der Waals surface area contributed by atoms with E-state index in [1.807, 2.05) is 13.8 Å². The van der Waals surface area contributed by atoms with Crippen LogP contribution in [0.4, 0.5) is 4.39 Å². The normalized spacial score (nSPS) is 12.6. The summed E-state index contributed by atoms with van der Waals surface area (Å²) in [7, 11) is 0. The van der Waals surface area contributed by atoms with Crippen LogP contribution in [-0.2, 0) is 0 Å². The second kappa shape index (κ2) is 6.12. The average molecular weight is 304 g/mol. The van der Waals surface area contributed by atoms with E-state index in [2.05, 4.69) is 21.2 Å². The van der Waals surface area contributed by atoms with Gasteiger partial charge < -0.3 is 10.4 Å². The van der Waals surface area contributed by atoms with Gasteiger partial charge in [-0.2, -0.15) is 0 Å². The number of halogens is 2. The zero-order valence-electron chi connectivity index (χ0n) is 9.71.